The van der Waals surface area contributed by atoms with E-state index in [0.717, 1.165) is 0 Å². The van der Waals surface area contributed by atoms with Crippen molar-refractivity contribution in [3.05, 3.63) is 0 Å². The third-order valence-corrected chi connectivity index (χ3v) is 8.90. The quantitative estimate of drug-likeness (QED) is 0.288. The van der Waals surface area contributed by atoms with Crippen LogP contribution in [0, 0.1) is 16.2 Å². The summed E-state index contributed by atoms with van der Waals surface area (Å²) in [6.07, 6.45) is -1.33. The maximum Gasteiger partial charge on any atom is 0.508 e. The molecule has 0 rings (SSSR count). The lowest BCUT2D eigenvalue weighted by atomic mass is 9.77. The van der Waals surface area contributed by atoms with Crippen LogP contribution >= 0.6 is 0 Å². The summed E-state index contributed by atoms with van der Waals surface area (Å²) in [5.41, 5.74) is -2.27. The van der Waals surface area contributed by atoms with E-state index < -0.39 is 29.1 Å². The summed E-state index contributed by atoms with van der Waals surface area (Å²) in [6, 6.07) is 0. The number of ether oxygens (including phenoxy) is 6. The number of hydrogen-bond acceptors (Lipinski definition) is 8. The van der Waals surface area contributed by atoms with Crippen molar-refractivity contribution < 1.29 is 38.0 Å². The van der Waals surface area contributed by atoms with Crippen LogP contribution in [-0.4, -0.2) is 61.6 Å². The first-order valence-corrected chi connectivity index (χ1v) is 14.0. The summed E-state index contributed by atoms with van der Waals surface area (Å²) in [6.45, 7) is 38.4. The van der Waals surface area contributed by atoms with E-state index in [-0.39, 0.29) is 27.4 Å². The van der Waals surface area contributed by atoms with Crippen molar-refractivity contribution in [2.24, 2.45) is 16.2 Å². The van der Waals surface area contributed by atoms with Gasteiger partial charge in [-0.05, 0) is 80.1 Å². The summed E-state index contributed by atoms with van der Waals surface area (Å²) in [5, 5.41) is 0. The standard InChI is InChI=1S/C15H30O4.C9H18O3.C8H18O/c1-12(2,3)13(4,5)19-15(8,9)14(6,7)18-11(16)17-10;1-8(2,3)9(4,5)12-7(10)11-6;1-7(2,3)8(4,5)9-6/h1-10H3;1-6H3;1-6H3. The fourth-order valence-corrected chi connectivity index (χ4v) is 2.00. The monoisotopic (exact) mass is 578 g/mol. The minimum Gasteiger partial charge on any atom is -0.438 e. The topological polar surface area (TPSA) is 89.5 Å². The summed E-state index contributed by atoms with van der Waals surface area (Å²) in [5.74, 6) is 0. The molecule has 0 fully saturated rings. The molecule has 0 aliphatic carbocycles. The van der Waals surface area contributed by atoms with E-state index in [1.54, 1.807) is 7.11 Å². The molecule has 0 N–H and O–H groups in total. The van der Waals surface area contributed by atoms with Crippen molar-refractivity contribution in [1.82, 2.24) is 0 Å². The molecule has 0 bridgehead atoms. The molecule has 8 nitrogen and oxygen atoms in total. The Balaban J connectivity index is -0.000000558. The van der Waals surface area contributed by atoms with Crippen molar-refractivity contribution in [2.45, 2.75) is 160 Å². The van der Waals surface area contributed by atoms with E-state index in [4.69, 9.17) is 18.9 Å². The van der Waals surface area contributed by atoms with E-state index in [1.807, 2.05) is 76.2 Å². The van der Waals surface area contributed by atoms with Crippen LogP contribution in [0.15, 0.2) is 0 Å². The van der Waals surface area contributed by atoms with Gasteiger partial charge in [-0.15, -0.1) is 0 Å². The number of hydrogen-bond donors (Lipinski definition) is 0. The van der Waals surface area contributed by atoms with Gasteiger partial charge in [0.2, 0.25) is 0 Å². The van der Waals surface area contributed by atoms with E-state index in [9.17, 15) is 9.59 Å². The number of rotatable bonds is 6. The van der Waals surface area contributed by atoms with Gasteiger partial charge in [0.05, 0.1) is 25.4 Å². The second kappa shape index (κ2) is 14.6. The Bertz CT molecular complexity index is 770. The van der Waals surface area contributed by atoms with Crippen LogP contribution in [-0.2, 0) is 28.4 Å². The van der Waals surface area contributed by atoms with Crippen LogP contribution in [0.1, 0.15) is 132 Å². The molecule has 40 heavy (non-hydrogen) atoms. The van der Waals surface area contributed by atoms with E-state index in [1.165, 1.54) is 14.2 Å². The normalized spacial score (nSPS) is 13.7. The van der Waals surface area contributed by atoms with Crippen LogP contribution in [0.3, 0.4) is 0 Å². The molecule has 0 saturated carbocycles. The van der Waals surface area contributed by atoms with Gasteiger partial charge in [-0.1, -0.05) is 62.3 Å². The van der Waals surface area contributed by atoms with E-state index in [0.29, 0.717) is 0 Å². The van der Waals surface area contributed by atoms with Crippen molar-refractivity contribution in [3.63, 3.8) is 0 Å². The van der Waals surface area contributed by atoms with Gasteiger partial charge in [0.15, 0.2) is 0 Å². The van der Waals surface area contributed by atoms with Gasteiger partial charge in [0.25, 0.3) is 0 Å². The molecule has 0 unspecified atom stereocenters. The molecule has 0 radical (unpaired) electrons. The zero-order valence-corrected chi connectivity index (χ0v) is 30.3. The molecule has 0 aromatic carbocycles. The maximum absolute atomic E-state index is 11.3. The Morgan fingerprint density at radius 3 is 0.850 bits per heavy atom. The molecule has 0 amide bonds. The highest BCUT2D eigenvalue weighted by Crippen LogP contribution is 2.41. The molecule has 0 aromatic rings. The zero-order chi connectivity index (χ0) is 33.4. The van der Waals surface area contributed by atoms with Gasteiger partial charge in [-0.3, -0.25) is 0 Å². The number of carbonyl (C=O) groups excluding carboxylic acids is 2. The highest BCUT2D eigenvalue weighted by Gasteiger charge is 2.48. The van der Waals surface area contributed by atoms with Crippen LogP contribution in [0.25, 0.3) is 0 Å². The first kappa shape index (κ1) is 42.9. The second-order valence-electron chi connectivity index (χ2n) is 15.7. The van der Waals surface area contributed by atoms with Gasteiger partial charge in [-0.2, -0.15) is 0 Å². The van der Waals surface area contributed by atoms with Gasteiger partial charge >= 0.3 is 12.3 Å². The van der Waals surface area contributed by atoms with Crippen molar-refractivity contribution in [2.75, 3.05) is 21.3 Å². The molecule has 0 saturated heterocycles. The smallest absolute Gasteiger partial charge is 0.438 e. The van der Waals surface area contributed by atoms with Crippen LogP contribution < -0.4 is 0 Å². The number of methoxy groups -OCH3 is 3. The van der Waals surface area contributed by atoms with Crippen LogP contribution in [0.5, 0.6) is 0 Å². The van der Waals surface area contributed by atoms with Gasteiger partial charge in [0.1, 0.15) is 16.8 Å². The third-order valence-electron chi connectivity index (χ3n) is 8.90. The first-order chi connectivity index (χ1) is 17.2. The molecule has 0 aromatic heterocycles. The lowest BCUT2D eigenvalue weighted by Gasteiger charge is -2.49. The largest absolute Gasteiger partial charge is 0.508 e. The average Bonchev–Trinajstić information content (AvgIpc) is 2.70. The molecule has 0 heterocycles. The van der Waals surface area contributed by atoms with E-state index >= 15 is 0 Å². The summed E-state index contributed by atoms with van der Waals surface area (Å²) in [7, 11) is 4.36. The third kappa shape index (κ3) is 13.9. The number of carbonyl (C=O) groups is 2. The maximum atomic E-state index is 11.3. The molecule has 0 aliphatic rings. The zero-order valence-electron chi connectivity index (χ0n) is 30.3. The fraction of sp³-hybridized carbons (Fsp3) is 0.938. The van der Waals surface area contributed by atoms with Gasteiger partial charge in [0, 0.05) is 12.5 Å². The molecule has 8 heteroatoms. The Morgan fingerprint density at radius 1 is 0.375 bits per heavy atom. The molecular weight excluding hydrogens is 512 g/mol. The first-order valence-electron chi connectivity index (χ1n) is 14.0. The Labute approximate surface area is 247 Å². The Hall–Kier alpha value is -1.54. The van der Waals surface area contributed by atoms with Gasteiger partial charge in [-0.25, -0.2) is 9.59 Å². The van der Waals surface area contributed by atoms with Crippen molar-refractivity contribution in [1.29, 1.82) is 0 Å². The van der Waals surface area contributed by atoms with Crippen molar-refractivity contribution >= 4 is 12.3 Å². The highest BCUT2D eigenvalue weighted by atomic mass is 16.7. The molecular formula is C32H66O8. The van der Waals surface area contributed by atoms with Crippen LogP contribution in [0.4, 0.5) is 9.59 Å². The van der Waals surface area contributed by atoms with E-state index in [2.05, 4.69) is 64.9 Å². The van der Waals surface area contributed by atoms with Crippen LogP contribution in [0.2, 0.25) is 0 Å². The molecule has 0 aliphatic heterocycles. The highest BCUT2D eigenvalue weighted by molar-refractivity contribution is 5.60. The predicted octanol–water partition coefficient (Wildman–Crippen LogP) is 9.22. The fourth-order valence-electron chi connectivity index (χ4n) is 2.00. The predicted molar refractivity (Wildman–Crippen MR) is 164 cm³/mol. The minimum atomic E-state index is -0.803. The summed E-state index contributed by atoms with van der Waals surface area (Å²) in [4.78, 5) is 22.2. The lowest BCUT2D eigenvalue weighted by Crippen LogP contribution is -2.56. The Morgan fingerprint density at radius 2 is 0.650 bits per heavy atom. The summed E-state index contributed by atoms with van der Waals surface area (Å²) < 4.78 is 31.0. The molecule has 0 spiro atoms. The SMILES string of the molecule is COC(=O)OC(C)(C)C(C)(C)C.COC(=O)OC(C)(C)C(C)(C)OC(C)(C)C(C)(C)C.COC(C)(C)C(C)(C)C. The molecule has 0 atom stereocenters. The minimum absolute atomic E-state index is 0.0208. The van der Waals surface area contributed by atoms with Gasteiger partial charge < -0.3 is 28.4 Å². The second-order valence-corrected chi connectivity index (χ2v) is 15.7. The summed E-state index contributed by atoms with van der Waals surface area (Å²) >= 11 is 0. The lowest BCUT2D eigenvalue weighted by molar-refractivity contribution is -0.233. The van der Waals surface area contributed by atoms with Crippen molar-refractivity contribution in [3.8, 4) is 0 Å². The Kier molecular flexibility index (Phi) is 15.6. The average molecular weight is 579 g/mol. The molecule has 242 valence electrons.